The Morgan fingerprint density at radius 3 is 2.76 bits per heavy atom. The highest BCUT2D eigenvalue weighted by Crippen LogP contribution is 2.07. The van der Waals surface area contributed by atoms with Crippen molar-refractivity contribution in [2.24, 2.45) is 0 Å². The molecule has 1 amide bonds. The van der Waals surface area contributed by atoms with Crippen molar-refractivity contribution in [2.45, 2.75) is 6.92 Å². The zero-order chi connectivity index (χ0) is 12.3. The number of nitrogens with one attached hydrogen (secondary N) is 2. The number of ketones is 1. The molecule has 0 saturated carbocycles. The first-order chi connectivity index (χ1) is 8.16. The second kappa shape index (κ2) is 4.61. The highest BCUT2D eigenvalue weighted by Gasteiger charge is 2.10. The lowest BCUT2D eigenvalue weighted by atomic mass is 10.2. The van der Waals surface area contributed by atoms with Crippen LogP contribution >= 0.6 is 0 Å². The van der Waals surface area contributed by atoms with Crippen LogP contribution in [-0.4, -0.2) is 21.7 Å². The predicted octanol–water partition coefficient (Wildman–Crippen LogP) is 1.86. The lowest BCUT2D eigenvalue weighted by molar-refractivity contribution is 0.101. The molecule has 0 unspecified atom stereocenters. The number of amides is 1. The van der Waals surface area contributed by atoms with Crippen molar-refractivity contribution in [3.05, 3.63) is 47.9 Å². The summed E-state index contributed by atoms with van der Waals surface area (Å²) in [5.41, 5.74) is 0.817. The first-order valence-electron chi connectivity index (χ1n) is 5.08. The number of hydrogen-bond acceptors (Lipinski definition) is 3. The SMILES string of the molecule is CC(=O)c1c[nH]c(C(=O)Nc2ccccn2)c1. The van der Waals surface area contributed by atoms with Crippen LogP contribution in [0.3, 0.4) is 0 Å². The predicted molar refractivity (Wildman–Crippen MR) is 63.0 cm³/mol. The molecular formula is C12H11N3O2. The fraction of sp³-hybridized carbons (Fsp3) is 0.0833. The van der Waals surface area contributed by atoms with Crippen molar-refractivity contribution in [1.29, 1.82) is 0 Å². The zero-order valence-electron chi connectivity index (χ0n) is 9.23. The van der Waals surface area contributed by atoms with E-state index in [1.54, 1.807) is 24.4 Å². The highest BCUT2D eigenvalue weighted by atomic mass is 16.2. The van der Waals surface area contributed by atoms with Gasteiger partial charge in [-0.05, 0) is 25.1 Å². The molecule has 0 aliphatic heterocycles. The van der Waals surface area contributed by atoms with Crippen LogP contribution < -0.4 is 5.32 Å². The van der Waals surface area contributed by atoms with Gasteiger partial charge in [0.2, 0.25) is 0 Å². The summed E-state index contributed by atoms with van der Waals surface area (Å²) in [6.45, 7) is 1.45. The Morgan fingerprint density at radius 1 is 1.35 bits per heavy atom. The number of nitrogens with zero attached hydrogens (tertiary/aromatic N) is 1. The first kappa shape index (κ1) is 11.1. The minimum atomic E-state index is -0.323. The van der Waals surface area contributed by atoms with Gasteiger partial charge >= 0.3 is 0 Å². The lowest BCUT2D eigenvalue weighted by Crippen LogP contribution is -2.13. The van der Waals surface area contributed by atoms with Gasteiger partial charge in [-0.3, -0.25) is 9.59 Å². The van der Waals surface area contributed by atoms with E-state index < -0.39 is 0 Å². The number of aromatic amines is 1. The van der Waals surface area contributed by atoms with Crippen LogP contribution in [0.2, 0.25) is 0 Å². The molecule has 0 atom stereocenters. The van der Waals surface area contributed by atoms with Crippen LogP contribution in [0, 0.1) is 0 Å². The Morgan fingerprint density at radius 2 is 2.18 bits per heavy atom. The Bertz CT molecular complexity index is 546. The van der Waals surface area contributed by atoms with Gasteiger partial charge in [-0.1, -0.05) is 6.07 Å². The fourth-order valence-electron chi connectivity index (χ4n) is 1.35. The summed E-state index contributed by atoms with van der Waals surface area (Å²) < 4.78 is 0. The molecule has 0 fully saturated rings. The van der Waals surface area contributed by atoms with Crippen molar-refractivity contribution in [3.8, 4) is 0 Å². The van der Waals surface area contributed by atoms with Crippen molar-refractivity contribution in [3.63, 3.8) is 0 Å². The van der Waals surface area contributed by atoms with Gasteiger partial charge in [0, 0.05) is 18.0 Å². The van der Waals surface area contributed by atoms with Gasteiger partial charge in [-0.2, -0.15) is 0 Å². The molecule has 5 heteroatoms. The van der Waals surface area contributed by atoms with Gasteiger partial charge in [-0.15, -0.1) is 0 Å². The molecule has 0 spiro atoms. The number of hydrogen-bond donors (Lipinski definition) is 2. The van der Waals surface area contributed by atoms with E-state index in [0.29, 0.717) is 17.1 Å². The standard InChI is InChI=1S/C12H11N3O2/c1-8(16)9-6-10(14-7-9)12(17)15-11-4-2-3-5-13-11/h2-7,14H,1H3,(H,13,15,17). The number of carbonyl (C=O) groups is 2. The number of H-pyrrole nitrogens is 1. The fourth-order valence-corrected chi connectivity index (χ4v) is 1.35. The van der Waals surface area contributed by atoms with E-state index in [4.69, 9.17) is 0 Å². The van der Waals surface area contributed by atoms with Crippen LogP contribution in [-0.2, 0) is 0 Å². The minimum absolute atomic E-state index is 0.0851. The number of anilines is 1. The highest BCUT2D eigenvalue weighted by molar-refractivity contribution is 6.04. The average Bonchev–Trinajstić information content (AvgIpc) is 2.79. The number of aromatic nitrogens is 2. The molecule has 5 nitrogen and oxygen atoms in total. The van der Waals surface area contributed by atoms with Gasteiger partial charge in [-0.25, -0.2) is 4.98 Å². The van der Waals surface area contributed by atoms with Crippen LogP contribution in [0.15, 0.2) is 36.7 Å². The molecule has 2 rings (SSSR count). The van der Waals surface area contributed by atoms with E-state index >= 15 is 0 Å². The maximum atomic E-state index is 11.8. The molecule has 2 aromatic heterocycles. The topological polar surface area (TPSA) is 74.8 Å². The summed E-state index contributed by atoms with van der Waals surface area (Å²) in [6, 6.07) is 6.74. The van der Waals surface area contributed by atoms with Crippen LogP contribution in [0.1, 0.15) is 27.8 Å². The molecule has 0 radical (unpaired) electrons. The largest absolute Gasteiger partial charge is 0.356 e. The second-order valence-electron chi connectivity index (χ2n) is 3.53. The molecule has 86 valence electrons. The molecule has 0 saturated heterocycles. The third kappa shape index (κ3) is 2.57. The quantitative estimate of drug-likeness (QED) is 0.789. The molecule has 2 N–H and O–H groups in total. The van der Waals surface area contributed by atoms with Crippen LogP contribution in [0.5, 0.6) is 0 Å². The van der Waals surface area contributed by atoms with E-state index in [0.717, 1.165) is 0 Å². The normalized spacial score (nSPS) is 9.94. The summed E-state index contributed by atoms with van der Waals surface area (Å²) in [5.74, 6) is 0.0609. The molecule has 17 heavy (non-hydrogen) atoms. The van der Waals surface area contributed by atoms with Crippen molar-refractivity contribution in [2.75, 3.05) is 5.32 Å². The van der Waals surface area contributed by atoms with Crippen LogP contribution in [0.4, 0.5) is 5.82 Å². The van der Waals surface area contributed by atoms with Crippen molar-refractivity contribution in [1.82, 2.24) is 9.97 Å². The molecule has 2 heterocycles. The monoisotopic (exact) mass is 229 g/mol. The summed E-state index contributed by atoms with van der Waals surface area (Å²) in [7, 11) is 0. The number of pyridine rings is 1. The zero-order valence-corrected chi connectivity index (χ0v) is 9.23. The van der Waals surface area contributed by atoms with Crippen molar-refractivity contribution >= 4 is 17.5 Å². The van der Waals surface area contributed by atoms with E-state index in [1.165, 1.54) is 19.2 Å². The molecule has 0 aliphatic rings. The minimum Gasteiger partial charge on any atom is -0.356 e. The van der Waals surface area contributed by atoms with Gasteiger partial charge in [0.15, 0.2) is 5.78 Å². The summed E-state index contributed by atoms with van der Waals surface area (Å²) in [4.78, 5) is 29.6. The van der Waals surface area contributed by atoms with E-state index in [1.807, 2.05) is 0 Å². The molecule has 0 aromatic carbocycles. The maximum absolute atomic E-state index is 11.8. The van der Waals surface area contributed by atoms with Gasteiger partial charge in [0.05, 0.1) is 0 Å². The van der Waals surface area contributed by atoms with Gasteiger partial charge < -0.3 is 10.3 Å². The van der Waals surface area contributed by atoms with Crippen molar-refractivity contribution < 1.29 is 9.59 Å². The third-order valence-electron chi connectivity index (χ3n) is 2.24. The Balaban J connectivity index is 2.12. The van der Waals surface area contributed by atoms with E-state index in [2.05, 4.69) is 15.3 Å². The number of Topliss-reactive ketones (excluding diaryl/α,β-unsaturated/α-hetero) is 1. The van der Waals surface area contributed by atoms with Crippen LogP contribution in [0.25, 0.3) is 0 Å². The third-order valence-corrected chi connectivity index (χ3v) is 2.24. The number of carbonyl (C=O) groups excluding carboxylic acids is 2. The number of rotatable bonds is 3. The Hall–Kier alpha value is -2.43. The van der Waals surface area contributed by atoms with E-state index in [9.17, 15) is 9.59 Å². The lowest BCUT2D eigenvalue weighted by Gasteiger charge is -2.01. The van der Waals surface area contributed by atoms with E-state index in [-0.39, 0.29) is 11.7 Å². The summed E-state index contributed by atoms with van der Waals surface area (Å²) >= 11 is 0. The molecule has 2 aromatic rings. The van der Waals surface area contributed by atoms with Gasteiger partial charge in [0.25, 0.3) is 5.91 Å². The molecular weight excluding hydrogens is 218 g/mol. The Kier molecular flexibility index (Phi) is 3.00. The second-order valence-corrected chi connectivity index (χ2v) is 3.53. The summed E-state index contributed by atoms with van der Waals surface area (Å²) in [5, 5.41) is 2.62. The smallest absolute Gasteiger partial charge is 0.273 e. The average molecular weight is 229 g/mol. The Labute approximate surface area is 97.9 Å². The molecule has 0 bridgehead atoms. The maximum Gasteiger partial charge on any atom is 0.273 e. The summed E-state index contributed by atoms with van der Waals surface area (Å²) in [6.07, 6.45) is 3.10. The van der Waals surface area contributed by atoms with Gasteiger partial charge in [0.1, 0.15) is 11.5 Å². The molecule has 0 aliphatic carbocycles. The first-order valence-corrected chi connectivity index (χ1v) is 5.08.